The number of benzene rings is 1. The summed E-state index contributed by atoms with van der Waals surface area (Å²) in [6.45, 7) is 1.49. The average molecular weight is 340 g/mol. The van der Waals surface area contributed by atoms with Crippen LogP contribution in [0.15, 0.2) is 34.9 Å². The number of carbonyl (C=O) groups is 1. The highest BCUT2D eigenvalue weighted by Gasteiger charge is 2.31. The molecular weight excluding hydrogens is 320 g/mol. The number of nitrogens with zero attached hydrogens (tertiary/aromatic N) is 4. The third kappa shape index (κ3) is 2.80. The summed E-state index contributed by atoms with van der Waals surface area (Å²) in [5.74, 6) is 1.09. The van der Waals surface area contributed by atoms with Crippen molar-refractivity contribution in [3.63, 3.8) is 0 Å². The Morgan fingerprint density at radius 3 is 3.00 bits per heavy atom. The van der Waals surface area contributed by atoms with Crippen molar-refractivity contribution in [1.82, 2.24) is 19.4 Å². The summed E-state index contributed by atoms with van der Waals surface area (Å²) < 4.78 is 12.3. The van der Waals surface area contributed by atoms with E-state index in [1.807, 2.05) is 18.2 Å². The van der Waals surface area contributed by atoms with Gasteiger partial charge in [-0.15, -0.1) is 0 Å². The number of para-hydroxylation sites is 2. The topological polar surface area (TPSA) is 73.4 Å². The van der Waals surface area contributed by atoms with Crippen LogP contribution in [0.2, 0.25) is 0 Å². The van der Waals surface area contributed by atoms with E-state index in [4.69, 9.17) is 9.40 Å². The molecule has 0 radical (unpaired) electrons. The maximum Gasteiger partial charge on any atom is 0.360 e. The molecule has 3 heterocycles. The Kier molecular flexibility index (Phi) is 4.01. The smallest absolute Gasteiger partial charge is 0.360 e. The Labute approximate surface area is 145 Å². The van der Waals surface area contributed by atoms with E-state index in [9.17, 15) is 4.79 Å². The minimum atomic E-state index is -0.483. The number of methoxy groups -OCH3 is 1. The van der Waals surface area contributed by atoms with Gasteiger partial charge in [0.15, 0.2) is 5.69 Å². The molecule has 3 aromatic rings. The first-order valence-electron chi connectivity index (χ1n) is 8.35. The average Bonchev–Trinajstić information content (AvgIpc) is 3.35. The number of ether oxygens (including phenoxy) is 1. The SMILES string of the molecule is COC(=O)c1coc(CN2CCC[C@H]2c2nc3ccccc3n2C)n1. The monoisotopic (exact) mass is 340 g/mol. The number of hydrogen-bond donors (Lipinski definition) is 0. The first kappa shape index (κ1) is 15.8. The molecule has 0 spiro atoms. The van der Waals surface area contributed by atoms with Gasteiger partial charge in [0.1, 0.15) is 12.1 Å². The van der Waals surface area contributed by atoms with Crippen LogP contribution in [0, 0.1) is 0 Å². The van der Waals surface area contributed by atoms with Crippen molar-refractivity contribution >= 4 is 17.0 Å². The molecular formula is C18H20N4O3. The fraction of sp³-hybridized carbons (Fsp3) is 0.389. The molecule has 1 aromatic carbocycles. The number of fused-ring (bicyclic) bond motifs is 1. The van der Waals surface area contributed by atoms with E-state index < -0.39 is 5.97 Å². The number of rotatable bonds is 4. The lowest BCUT2D eigenvalue weighted by Gasteiger charge is -2.22. The molecule has 0 bridgehead atoms. The molecule has 0 unspecified atom stereocenters. The van der Waals surface area contributed by atoms with Gasteiger partial charge in [0, 0.05) is 7.05 Å². The number of hydrogen-bond acceptors (Lipinski definition) is 6. The molecule has 1 aliphatic rings. The van der Waals surface area contributed by atoms with Crippen LogP contribution < -0.4 is 0 Å². The second-order valence-corrected chi connectivity index (χ2v) is 6.26. The van der Waals surface area contributed by atoms with E-state index in [1.165, 1.54) is 13.4 Å². The Balaban J connectivity index is 1.58. The minimum absolute atomic E-state index is 0.205. The highest BCUT2D eigenvalue weighted by atomic mass is 16.5. The minimum Gasteiger partial charge on any atom is -0.464 e. The molecule has 0 aliphatic carbocycles. The largest absolute Gasteiger partial charge is 0.464 e. The summed E-state index contributed by atoms with van der Waals surface area (Å²) >= 11 is 0. The zero-order valence-electron chi connectivity index (χ0n) is 14.3. The highest BCUT2D eigenvalue weighted by molar-refractivity contribution is 5.86. The number of likely N-dealkylation sites (tertiary alicyclic amines) is 1. The second-order valence-electron chi connectivity index (χ2n) is 6.26. The molecule has 2 aromatic heterocycles. The van der Waals surface area contributed by atoms with Gasteiger partial charge >= 0.3 is 5.97 Å². The van der Waals surface area contributed by atoms with E-state index in [0.29, 0.717) is 12.4 Å². The van der Waals surface area contributed by atoms with Crippen molar-refractivity contribution in [2.45, 2.75) is 25.4 Å². The van der Waals surface area contributed by atoms with Gasteiger partial charge in [0.05, 0.1) is 30.7 Å². The van der Waals surface area contributed by atoms with Crippen LogP contribution in [0.3, 0.4) is 0 Å². The van der Waals surface area contributed by atoms with Gasteiger partial charge in [-0.25, -0.2) is 14.8 Å². The first-order valence-corrected chi connectivity index (χ1v) is 8.35. The number of imidazole rings is 1. The van der Waals surface area contributed by atoms with Crippen LogP contribution in [0.1, 0.15) is 41.1 Å². The number of aromatic nitrogens is 3. The van der Waals surface area contributed by atoms with Gasteiger partial charge in [-0.3, -0.25) is 4.90 Å². The lowest BCUT2D eigenvalue weighted by Crippen LogP contribution is -2.25. The van der Waals surface area contributed by atoms with Gasteiger partial charge in [-0.05, 0) is 31.5 Å². The molecule has 1 atom stereocenters. The number of aryl methyl sites for hydroxylation is 1. The van der Waals surface area contributed by atoms with E-state index in [0.717, 1.165) is 36.2 Å². The van der Waals surface area contributed by atoms with E-state index in [2.05, 4.69) is 32.3 Å². The van der Waals surface area contributed by atoms with Crippen LogP contribution in [-0.4, -0.2) is 39.1 Å². The normalized spacial score (nSPS) is 18.1. The second kappa shape index (κ2) is 6.33. The predicted molar refractivity (Wildman–Crippen MR) is 90.9 cm³/mol. The fourth-order valence-electron chi connectivity index (χ4n) is 3.53. The van der Waals surface area contributed by atoms with E-state index in [1.54, 1.807) is 0 Å². The molecule has 0 amide bonds. The van der Waals surface area contributed by atoms with E-state index >= 15 is 0 Å². The Morgan fingerprint density at radius 2 is 2.20 bits per heavy atom. The summed E-state index contributed by atoms with van der Waals surface area (Å²) in [6.07, 6.45) is 3.49. The molecule has 0 saturated carbocycles. The molecule has 130 valence electrons. The lowest BCUT2D eigenvalue weighted by atomic mass is 10.2. The van der Waals surface area contributed by atoms with Crippen molar-refractivity contribution in [3.05, 3.63) is 47.9 Å². The Bertz CT molecular complexity index is 914. The van der Waals surface area contributed by atoms with Crippen molar-refractivity contribution in [2.24, 2.45) is 7.05 Å². The van der Waals surface area contributed by atoms with Crippen LogP contribution in [0.5, 0.6) is 0 Å². The van der Waals surface area contributed by atoms with E-state index in [-0.39, 0.29) is 11.7 Å². The molecule has 7 nitrogen and oxygen atoms in total. The van der Waals surface area contributed by atoms with Crippen LogP contribution >= 0.6 is 0 Å². The molecule has 1 saturated heterocycles. The summed E-state index contributed by atoms with van der Waals surface area (Å²) in [5, 5.41) is 0. The maximum atomic E-state index is 11.5. The quantitative estimate of drug-likeness (QED) is 0.680. The van der Waals surface area contributed by atoms with Gasteiger partial charge in [0.25, 0.3) is 0 Å². The third-order valence-electron chi connectivity index (χ3n) is 4.77. The lowest BCUT2D eigenvalue weighted by molar-refractivity contribution is 0.0594. The number of oxazole rings is 1. The molecule has 0 N–H and O–H groups in total. The molecule has 4 rings (SSSR count). The molecule has 7 heteroatoms. The maximum absolute atomic E-state index is 11.5. The highest BCUT2D eigenvalue weighted by Crippen LogP contribution is 2.33. The van der Waals surface area contributed by atoms with Gasteiger partial charge in [0.2, 0.25) is 5.89 Å². The van der Waals surface area contributed by atoms with Gasteiger partial charge in [-0.2, -0.15) is 0 Å². The summed E-state index contributed by atoms with van der Waals surface area (Å²) in [4.78, 5) is 22.9. The van der Waals surface area contributed by atoms with Crippen LogP contribution in [0.4, 0.5) is 0 Å². The first-order chi connectivity index (χ1) is 12.2. The van der Waals surface area contributed by atoms with Crippen molar-refractivity contribution < 1.29 is 13.9 Å². The number of esters is 1. The van der Waals surface area contributed by atoms with Crippen molar-refractivity contribution in [2.75, 3.05) is 13.7 Å². The predicted octanol–water partition coefficient (Wildman–Crippen LogP) is 2.69. The van der Waals surface area contributed by atoms with Gasteiger partial charge in [-0.1, -0.05) is 12.1 Å². The fourth-order valence-corrected chi connectivity index (χ4v) is 3.53. The number of carbonyl (C=O) groups excluding carboxylic acids is 1. The zero-order chi connectivity index (χ0) is 17.4. The van der Waals surface area contributed by atoms with Gasteiger partial charge < -0.3 is 13.7 Å². The van der Waals surface area contributed by atoms with Crippen LogP contribution in [0.25, 0.3) is 11.0 Å². The standard InChI is InChI=1S/C18H20N4O3/c1-21-14-7-4-3-6-12(14)20-17(21)15-8-5-9-22(15)10-16-19-13(11-25-16)18(23)24-2/h3-4,6-7,11,15H,5,8-10H2,1-2H3/t15-/m0/s1. The summed E-state index contributed by atoms with van der Waals surface area (Å²) in [5.41, 5.74) is 2.35. The van der Waals surface area contributed by atoms with Crippen LogP contribution in [-0.2, 0) is 18.3 Å². The molecule has 1 aliphatic heterocycles. The third-order valence-corrected chi connectivity index (χ3v) is 4.77. The zero-order valence-corrected chi connectivity index (χ0v) is 14.3. The Morgan fingerprint density at radius 1 is 1.36 bits per heavy atom. The summed E-state index contributed by atoms with van der Waals surface area (Å²) in [7, 11) is 3.39. The summed E-state index contributed by atoms with van der Waals surface area (Å²) in [6, 6.07) is 8.37. The molecule has 25 heavy (non-hydrogen) atoms. The van der Waals surface area contributed by atoms with Crippen molar-refractivity contribution in [1.29, 1.82) is 0 Å². The van der Waals surface area contributed by atoms with Crippen molar-refractivity contribution in [3.8, 4) is 0 Å². The molecule has 1 fully saturated rings. The Hall–Kier alpha value is -2.67.